The highest BCUT2D eigenvalue weighted by molar-refractivity contribution is 5.80. The number of aliphatic carboxylic acids is 1. The molecule has 0 fully saturated rings. The third-order valence-corrected chi connectivity index (χ3v) is 3.66. The van der Waals surface area contributed by atoms with Gasteiger partial charge in [0.1, 0.15) is 11.9 Å². The molecule has 0 aliphatic carbocycles. The number of nitrogens with two attached hydrogens (primary N) is 1. The van der Waals surface area contributed by atoms with Crippen molar-refractivity contribution in [2.45, 2.75) is 45.7 Å². The Morgan fingerprint density at radius 2 is 2.05 bits per heavy atom. The second-order valence-corrected chi connectivity index (χ2v) is 5.83. The fourth-order valence-corrected chi connectivity index (χ4v) is 2.73. The van der Waals surface area contributed by atoms with Crippen LogP contribution in [0.2, 0.25) is 0 Å². The Morgan fingerprint density at radius 1 is 1.38 bits per heavy atom. The average molecular weight is 289 g/mol. The molecule has 21 heavy (non-hydrogen) atoms. The molecule has 0 spiro atoms. The number of fused-ring (bicyclic) bond motifs is 1. The van der Waals surface area contributed by atoms with Crippen molar-refractivity contribution in [3.8, 4) is 0 Å². The summed E-state index contributed by atoms with van der Waals surface area (Å²) in [6.07, 6.45) is 1.27. The molecule has 0 radical (unpaired) electrons. The highest BCUT2D eigenvalue weighted by Gasteiger charge is 2.26. The first kappa shape index (κ1) is 15.5. The van der Waals surface area contributed by atoms with E-state index in [1.165, 1.54) is 0 Å². The summed E-state index contributed by atoms with van der Waals surface area (Å²) in [5, 5.41) is 9.50. The molecule has 1 heterocycles. The van der Waals surface area contributed by atoms with Gasteiger partial charge in [-0.2, -0.15) is 0 Å². The van der Waals surface area contributed by atoms with E-state index in [1.54, 1.807) is 4.57 Å². The minimum absolute atomic E-state index is 0.259. The number of benzene rings is 1. The standard InChI is InChI=1S/C16H23N3O2/c1-4-13(16(20)21)19-14-8-6-5-7-12(14)18-15(19)11(17)9-10(2)3/h5-8,10-11,13H,4,9,17H2,1-3H3,(H,20,21). The second-order valence-electron chi connectivity index (χ2n) is 5.83. The van der Waals surface area contributed by atoms with Crippen molar-refractivity contribution in [1.29, 1.82) is 0 Å². The topological polar surface area (TPSA) is 81.1 Å². The Morgan fingerprint density at radius 3 is 2.62 bits per heavy atom. The summed E-state index contributed by atoms with van der Waals surface area (Å²) in [5.74, 6) is 0.246. The summed E-state index contributed by atoms with van der Waals surface area (Å²) in [5.41, 5.74) is 7.91. The van der Waals surface area contributed by atoms with Gasteiger partial charge in [-0.15, -0.1) is 0 Å². The van der Waals surface area contributed by atoms with Gasteiger partial charge >= 0.3 is 5.97 Å². The number of aromatic nitrogens is 2. The summed E-state index contributed by atoms with van der Waals surface area (Å²) >= 11 is 0. The smallest absolute Gasteiger partial charge is 0.326 e. The molecular weight excluding hydrogens is 266 g/mol. The zero-order valence-corrected chi connectivity index (χ0v) is 12.8. The molecule has 5 heteroatoms. The second kappa shape index (κ2) is 6.26. The van der Waals surface area contributed by atoms with Crippen molar-refractivity contribution in [1.82, 2.24) is 9.55 Å². The fourth-order valence-electron chi connectivity index (χ4n) is 2.73. The number of rotatable bonds is 6. The quantitative estimate of drug-likeness (QED) is 0.856. The van der Waals surface area contributed by atoms with Crippen molar-refractivity contribution in [3.63, 3.8) is 0 Å². The highest BCUT2D eigenvalue weighted by Crippen LogP contribution is 2.28. The minimum Gasteiger partial charge on any atom is -0.480 e. The largest absolute Gasteiger partial charge is 0.480 e. The molecule has 0 amide bonds. The zero-order valence-electron chi connectivity index (χ0n) is 12.8. The Hall–Kier alpha value is -1.88. The molecule has 0 aliphatic rings. The monoisotopic (exact) mass is 289 g/mol. The molecule has 1 aromatic heterocycles. The number of carbonyl (C=O) groups is 1. The van der Waals surface area contributed by atoms with Crippen LogP contribution in [-0.4, -0.2) is 20.6 Å². The number of nitrogens with zero attached hydrogens (tertiary/aromatic N) is 2. The molecule has 2 aromatic rings. The minimum atomic E-state index is -0.848. The first-order valence-corrected chi connectivity index (χ1v) is 7.40. The first-order chi connectivity index (χ1) is 9.95. The average Bonchev–Trinajstić information content (AvgIpc) is 2.78. The summed E-state index contributed by atoms with van der Waals surface area (Å²) in [4.78, 5) is 16.2. The Labute approximate surface area is 124 Å². The maximum absolute atomic E-state index is 11.6. The Balaban J connectivity index is 2.60. The summed E-state index contributed by atoms with van der Waals surface area (Å²) in [6, 6.07) is 6.70. The maximum atomic E-state index is 11.6. The number of carboxylic acids is 1. The van der Waals surface area contributed by atoms with Gasteiger partial charge in [-0.25, -0.2) is 9.78 Å². The molecule has 2 atom stereocenters. The van der Waals surface area contributed by atoms with Gasteiger partial charge in [-0.3, -0.25) is 0 Å². The maximum Gasteiger partial charge on any atom is 0.326 e. The third kappa shape index (κ3) is 3.08. The lowest BCUT2D eigenvalue weighted by Crippen LogP contribution is -2.25. The number of para-hydroxylation sites is 2. The summed E-state index contributed by atoms with van der Waals surface area (Å²) < 4.78 is 1.80. The van der Waals surface area contributed by atoms with E-state index in [0.29, 0.717) is 18.2 Å². The molecule has 3 N–H and O–H groups in total. The predicted octanol–water partition coefficient (Wildman–Crippen LogP) is 3.12. The number of hydrogen-bond donors (Lipinski definition) is 2. The van der Waals surface area contributed by atoms with E-state index in [1.807, 2.05) is 31.2 Å². The Bertz CT molecular complexity index is 633. The van der Waals surface area contributed by atoms with E-state index < -0.39 is 12.0 Å². The van der Waals surface area contributed by atoms with Crippen LogP contribution in [0, 0.1) is 5.92 Å². The van der Waals surface area contributed by atoms with Crippen LogP contribution in [0.5, 0.6) is 0 Å². The molecule has 0 saturated heterocycles. The normalized spacial score (nSPS) is 14.5. The van der Waals surface area contributed by atoms with E-state index >= 15 is 0 Å². The zero-order chi connectivity index (χ0) is 15.6. The van der Waals surface area contributed by atoms with Gasteiger partial charge in [0.05, 0.1) is 17.1 Å². The van der Waals surface area contributed by atoms with E-state index in [2.05, 4.69) is 18.8 Å². The lowest BCUT2D eigenvalue weighted by atomic mass is 10.0. The van der Waals surface area contributed by atoms with Gasteiger partial charge in [-0.1, -0.05) is 32.9 Å². The van der Waals surface area contributed by atoms with Crippen molar-refractivity contribution in [3.05, 3.63) is 30.1 Å². The first-order valence-electron chi connectivity index (χ1n) is 7.40. The van der Waals surface area contributed by atoms with Crippen LogP contribution in [0.15, 0.2) is 24.3 Å². The number of imidazole rings is 1. The lowest BCUT2D eigenvalue weighted by Gasteiger charge is -2.20. The van der Waals surface area contributed by atoms with Crippen LogP contribution in [0.4, 0.5) is 0 Å². The highest BCUT2D eigenvalue weighted by atomic mass is 16.4. The summed E-state index contributed by atoms with van der Waals surface area (Å²) in [6.45, 7) is 6.06. The van der Waals surface area contributed by atoms with Crippen LogP contribution >= 0.6 is 0 Å². The van der Waals surface area contributed by atoms with Gasteiger partial charge in [-0.05, 0) is 30.9 Å². The van der Waals surface area contributed by atoms with Gasteiger partial charge < -0.3 is 15.4 Å². The molecule has 1 aromatic carbocycles. The van der Waals surface area contributed by atoms with Gasteiger partial charge in [0.15, 0.2) is 0 Å². The lowest BCUT2D eigenvalue weighted by molar-refractivity contribution is -0.141. The third-order valence-electron chi connectivity index (χ3n) is 3.66. The van der Waals surface area contributed by atoms with Crippen LogP contribution in [0.25, 0.3) is 11.0 Å². The fraction of sp³-hybridized carbons (Fsp3) is 0.500. The van der Waals surface area contributed by atoms with Gasteiger partial charge in [0, 0.05) is 0 Å². The van der Waals surface area contributed by atoms with Gasteiger partial charge in [0.2, 0.25) is 0 Å². The van der Waals surface area contributed by atoms with E-state index in [-0.39, 0.29) is 6.04 Å². The molecule has 0 aliphatic heterocycles. The number of carboxylic acid groups (broad SMARTS) is 1. The molecule has 2 unspecified atom stereocenters. The molecule has 0 bridgehead atoms. The summed E-state index contributed by atoms with van der Waals surface area (Å²) in [7, 11) is 0. The molecular formula is C16H23N3O2. The van der Waals surface area contributed by atoms with Crippen LogP contribution in [-0.2, 0) is 4.79 Å². The SMILES string of the molecule is CCC(C(=O)O)n1c(C(N)CC(C)C)nc2ccccc21. The van der Waals surface area contributed by atoms with E-state index in [0.717, 1.165) is 17.5 Å². The molecule has 114 valence electrons. The van der Waals surface area contributed by atoms with E-state index in [4.69, 9.17) is 5.73 Å². The predicted molar refractivity (Wildman–Crippen MR) is 83.1 cm³/mol. The van der Waals surface area contributed by atoms with Crippen molar-refractivity contribution in [2.75, 3.05) is 0 Å². The van der Waals surface area contributed by atoms with E-state index in [9.17, 15) is 9.90 Å². The van der Waals surface area contributed by atoms with Crippen molar-refractivity contribution < 1.29 is 9.90 Å². The molecule has 0 saturated carbocycles. The molecule has 2 rings (SSSR count). The van der Waals surface area contributed by atoms with Crippen LogP contribution in [0.1, 0.15) is 51.5 Å². The molecule has 5 nitrogen and oxygen atoms in total. The number of hydrogen-bond acceptors (Lipinski definition) is 3. The Kier molecular flexibility index (Phi) is 4.63. The van der Waals surface area contributed by atoms with Crippen molar-refractivity contribution in [2.24, 2.45) is 11.7 Å². The van der Waals surface area contributed by atoms with Crippen LogP contribution < -0.4 is 5.73 Å². The van der Waals surface area contributed by atoms with Crippen LogP contribution in [0.3, 0.4) is 0 Å². The van der Waals surface area contributed by atoms with Gasteiger partial charge in [0.25, 0.3) is 0 Å². The van der Waals surface area contributed by atoms with Crippen molar-refractivity contribution >= 4 is 17.0 Å².